The Morgan fingerprint density at radius 1 is 0.926 bits per heavy atom. The first-order valence-corrected chi connectivity index (χ1v) is 8.48. The summed E-state index contributed by atoms with van der Waals surface area (Å²) in [7, 11) is 0. The van der Waals surface area contributed by atoms with Crippen molar-refractivity contribution in [2.24, 2.45) is 11.7 Å². The number of rotatable bonds is 9. The van der Waals surface area contributed by atoms with Crippen LogP contribution < -0.4 is 11.1 Å². The van der Waals surface area contributed by atoms with E-state index in [4.69, 9.17) is 5.73 Å². The van der Waals surface area contributed by atoms with E-state index in [0.717, 1.165) is 11.1 Å². The molecule has 27 heavy (non-hydrogen) atoms. The van der Waals surface area contributed by atoms with Crippen molar-refractivity contribution in [3.05, 3.63) is 83.9 Å². The van der Waals surface area contributed by atoms with Crippen molar-refractivity contribution in [3.63, 3.8) is 0 Å². The summed E-state index contributed by atoms with van der Waals surface area (Å²) < 4.78 is 0. The average Bonchev–Trinajstić information content (AvgIpc) is 2.66. The summed E-state index contributed by atoms with van der Waals surface area (Å²) in [5.74, 6) is -3.55. The number of hydrogen-bond acceptors (Lipinski definition) is 3. The third-order valence-electron chi connectivity index (χ3n) is 4.24. The van der Waals surface area contributed by atoms with Gasteiger partial charge in [-0.25, -0.2) is 4.79 Å². The Kier molecular flexibility index (Phi) is 6.88. The number of benzene rings is 2. The lowest BCUT2D eigenvalue weighted by Gasteiger charge is -2.21. The van der Waals surface area contributed by atoms with Crippen LogP contribution in [0.2, 0.25) is 0 Å². The zero-order valence-electron chi connectivity index (χ0n) is 14.8. The van der Waals surface area contributed by atoms with Crippen molar-refractivity contribution in [2.45, 2.75) is 18.9 Å². The van der Waals surface area contributed by atoms with E-state index in [-0.39, 0.29) is 18.4 Å². The van der Waals surface area contributed by atoms with Gasteiger partial charge in [-0.1, -0.05) is 67.2 Å². The quantitative estimate of drug-likeness (QED) is 0.587. The summed E-state index contributed by atoms with van der Waals surface area (Å²) in [6.07, 6.45) is 0.383. The molecule has 0 saturated carbocycles. The van der Waals surface area contributed by atoms with E-state index in [1.165, 1.54) is 0 Å². The second-order valence-corrected chi connectivity index (χ2v) is 6.23. The van der Waals surface area contributed by atoms with Gasteiger partial charge in [0.15, 0.2) is 0 Å². The van der Waals surface area contributed by atoms with Crippen LogP contribution in [0.15, 0.2) is 72.8 Å². The lowest BCUT2D eigenvalue weighted by Crippen LogP contribution is -2.48. The highest BCUT2D eigenvalue weighted by molar-refractivity contribution is 5.97. The van der Waals surface area contributed by atoms with Crippen molar-refractivity contribution >= 4 is 17.8 Å². The number of primary amides is 1. The Morgan fingerprint density at radius 3 is 1.85 bits per heavy atom. The molecule has 2 amide bonds. The van der Waals surface area contributed by atoms with Gasteiger partial charge in [-0.05, 0) is 17.5 Å². The van der Waals surface area contributed by atoms with Crippen LogP contribution in [0.5, 0.6) is 0 Å². The standard InChI is InChI=1S/C21H22N2O4/c1-14(21(26)27)17(12-15-8-4-2-5-9-15)20(25)23-18(19(22)24)13-16-10-6-3-7-11-16/h2-11,17-18H,1,12-13H2,(H2,22,24)(H,23,25)(H,26,27)/t17-,18+/m1/s1. The van der Waals surface area contributed by atoms with Gasteiger partial charge in [-0.3, -0.25) is 9.59 Å². The first kappa shape index (κ1) is 19.9. The summed E-state index contributed by atoms with van der Waals surface area (Å²) in [6, 6.07) is 17.2. The van der Waals surface area contributed by atoms with Crippen LogP contribution in [0.25, 0.3) is 0 Å². The summed E-state index contributed by atoms with van der Waals surface area (Å²) in [5.41, 5.74) is 6.81. The van der Waals surface area contributed by atoms with Gasteiger partial charge in [-0.15, -0.1) is 0 Å². The van der Waals surface area contributed by atoms with Crippen LogP contribution in [0.4, 0.5) is 0 Å². The molecule has 0 spiro atoms. The molecule has 0 aliphatic rings. The van der Waals surface area contributed by atoms with Gasteiger partial charge in [0.25, 0.3) is 0 Å². The summed E-state index contributed by atoms with van der Waals surface area (Å²) in [6.45, 7) is 3.53. The zero-order valence-corrected chi connectivity index (χ0v) is 14.8. The van der Waals surface area contributed by atoms with Crippen LogP contribution in [0, 0.1) is 5.92 Å². The molecule has 0 bridgehead atoms. The Bertz CT molecular complexity index is 819. The maximum absolute atomic E-state index is 12.8. The number of amides is 2. The number of carbonyl (C=O) groups is 3. The maximum atomic E-state index is 12.8. The molecular weight excluding hydrogens is 344 g/mol. The molecule has 0 heterocycles. The fourth-order valence-electron chi connectivity index (χ4n) is 2.72. The number of carboxylic acid groups (broad SMARTS) is 1. The highest BCUT2D eigenvalue weighted by Crippen LogP contribution is 2.17. The molecule has 2 rings (SSSR count). The molecule has 0 saturated heterocycles. The molecule has 0 aliphatic carbocycles. The molecule has 0 fully saturated rings. The van der Waals surface area contributed by atoms with Gasteiger partial charge in [0.05, 0.1) is 5.92 Å². The van der Waals surface area contributed by atoms with E-state index < -0.39 is 29.7 Å². The largest absolute Gasteiger partial charge is 0.478 e. The average molecular weight is 366 g/mol. The molecule has 140 valence electrons. The smallest absolute Gasteiger partial charge is 0.331 e. The summed E-state index contributed by atoms with van der Waals surface area (Å²) >= 11 is 0. The van der Waals surface area contributed by atoms with Gasteiger partial charge < -0.3 is 16.2 Å². The third kappa shape index (κ3) is 5.81. The molecule has 4 N–H and O–H groups in total. The van der Waals surface area contributed by atoms with E-state index >= 15 is 0 Å². The first-order valence-electron chi connectivity index (χ1n) is 8.48. The van der Waals surface area contributed by atoms with E-state index in [1.54, 1.807) is 24.3 Å². The van der Waals surface area contributed by atoms with Crippen LogP contribution in [-0.2, 0) is 27.2 Å². The first-order chi connectivity index (χ1) is 12.9. The number of aliphatic carboxylic acids is 1. The summed E-state index contributed by atoms with van der Waals surface area (Å²) in [4.78, 5) is 35.9. The minimum Gasteiger partial charge on any atom is -0.478 e. The van der Waals surface area contributed by atoms with Gasteiger partial charge in [0, 0.05) is 12.0 Å². The number of carboxylic acids is 1. The number of nitrogens with two attached hydrogens (primary N) is 1. The molecule has 2 atom stereocenters. The molecule has 0 radical (unpaired) electrons. The van der Waals surface area contributed by atoms with Gasteiger partial charge in [0.1, 0.15) is 6.04 Å². The van der Waals surface area contributed by atoms with E-state index in [0.29, 0.717) is 0 Å². The molecule has 6 nitrogen and oxygen atoms in total. The summed E-state index contributed by atoms with van der Waals surface area (Å²) in [5, 5.41) is 11.9. The third-order valence-corrected chi connectivity index (χ3v) is 4.24. The Balaban J connectivity index is 2.18. The second-order valence-electron chi connectivity index (χ2n) is 6.23. The van der Waals surface area contributed by atoms with Crippen LogP contribution in [-0.4, -0.2) is 28.9 Å². The van der Waals surface area contributed by atoms with Gasteiger partial charge in [-0.2, -0.15) is 0 Å². The minimum absolute atomic E-state index is 0.161. The lowest BCUT2D eigenvalue weighted by atomic mass is 9.91. The Hall–Kier alpha value is -3.41. The SMILES string of the molecule is C=C(C(=O)O)[C@@H](Cc1ccccc1)C(=O)N[C@@H](Cc1ccccc1)C(N)=O. The van der Waals surface area contributed by atoms with Crippen LogP contribution in [0.1, 0.15) is 11.1 Å². The predicted molar refractivity (Wildman–Crippen MR) is 102 cm³/mol. The van der Waals surface area contributed by atoms with E-state index in [1.807, 2.05) is 36.4 Å². The highest BCUT2D eigenvalue weighted by Gasteiger charge is 2.29. The topological polar surface area (TPSA) is 109 Å². The van der Waals surface area contributed by atoms with Crippen molar-refractivity contribution in [1.29, 1.82) is 0 Å². The molecular formula is C21H22N2O4. The van der Waals surface area contributed by atoms with Crippen molar-refractivity contribution in [2.75, 3.05) is 0 Å². The lowest BCUT2D eigenvalue weighted by molar-refractivity contribution is -0.136. The second kappa shape index (κ2) is 9.33. The fraction of sp³-hybridized carbons (Fsp3) is 0.190. The predicted octanol–water partition coefficient (Wildman–Crippen LogP) is 1.70. The molecule has 2 aromatic carbocycles. The molecule has 0 unspecified atom stereocenters. The van der Waals surface area contributed by atoms with Crippen LogP contribution in [0.3, 0.4) is 0 Å². The molecule has 0 aromatic heterocycles. The van der Waals surface area contributed by atoms with Crippen molar-refractivity contribution in [3.8, 4) is 0 Å². The minimum atomic E-state index is -1.26. The zero-order chi connectivity index (χ0) is 19.8. The van der Waals surface area contributed by atoms with E-state index in [9.17, 15) is 19.5 Å². The maximum Gasteiger partial charge on any atom is 0.331 e. The fourth-order valence-corrected chi connectivity index (χ4v) is 2.72. The number of nitrogens with one attached hydrogen (secondary N) is 1. The molecule has 2 aromatic rings. The van der Waals surface area contributed by atoms with E-state index in [2.05, 4.69) is 11.9 Å². The van der Waals surface area contributed by atoms with Crippen LogP contribution >= 0.6 is 0 Å². The highest BCUT2D eigenvalue weighted by atomic mass is 16.4. The van der Waals surface area contributed by atoms with Crippen molar-refractivity contribution in [1.82, 2.24) is 5.32 Å². The Labute approximate surface area is 157 Å². The normalized spacial score (nSPS) is 12.6. The monoisotopic (exact) mass is 366 g/mol. The van der Waals surface area contributed by atoms with Crippen molar-refractivity contribution < 1.29 is 19.5 Å². The Morgan fingerprint density at radius 2 is 1.41 bits per heavy atom. The van der Waals surface area contributed by atoms with Gasteiger partial charge in [0.2, 0.25) is 11.8 Å². The molecule has 6 heteroatoms. The van der Waals surface area contributed by atoms with Gasteiger partial charge >= 0.3 is 5.97 Å². The number of carbonyl (C=O) groups excluding carboxylic acids is 2. The molecule has 0 aliphatic heterocycles. The number of hydrogen-bond donors (Lipinski definition) is 3.